The molecule has 1 aromatic rings. The number of hydrogen-bond donors (Lipinski definition) is 2. The number of rotatable bonds is 5. The molecule has 1 amide bonds. The molecule has 1 unspecified atom stereocenters. The van der Waals surface area contributed by atoms with E-state index >= 15 is 0 Å². The maximum absolute atomic E-state index is 11.7. The number of halogens is 1. The van der Waals surface area contributed by atoms with Gasteiger partial charge in [-0.25, -0.2) is 0 Å². The molecule has 0 bridgehead atoms. The van der Waals surface area contributed by atoms with E-state index in [-0.39, 0.29) is 11.9 Å². The van der Waals surface area contributed by atoms with Crippen LogP contribution in [-0.2, 0) is 4.79 Å². The van der Waals surface area contributed by atoms with Gasteiger partial charge in [-0.2, -0.15) is 0 Å². The minimum absolute atomic E-state index is 0.0600. The maximum atomic E-state index is 11.7. The van der Waals surface area contributed by atoms with Crippen molar-refractivity contribution in [3.05, 3.63) is 33.4 Å². The number of carbonyl (C=O) groups excluding carboxylic acids is 1. The molecule has 0 saturated carbocycles. The van der Waals surface area contributed by atoms with Crippen molar-refractivity contribution in [2.45, 2.75) is 26.8 Å². The van der Waals surface area contributed by atoms with Crippen molar-refractivity contribution in [1.82, 2.24) is 10.6 Å². The van der Waals surface area contributed by atoms with E-state index in [9.17, 15) is 4.79 Å². The van der Waals surface area contributed by atoms with Gasteiger partial charge in [0.05, 0.1) is 5.41 Å². The van der Waals surface area contributed by atoms with Crippen molar-refractivity contribution in [3.8, 4) is 0 Å². The fourth-order valence-electron chi connectivity index (χ4n) is 1.70. The monoisotopic (exact) mass is 360 g/mol. The van der Waals surface area contributed by atoms with Crippen molar-refractivity contribution in [2.24, 2.45) is 5.41 Å². The zero-order chi connectivity index (χ0) is 13.8. The van der Waals surface area contributed by atoms with Crippen molar-refractivity contribution in [2.75, 3.05) is 13.6 Å². The Kier molecular flexibility index (Phi) is 5.59. The first-order chi connectivity index (χ1) is 8.36. The van der Waals surface area contributed by atoms with Crippen LogP contribution in [0.5, 0.6) is 0 Å². The summed E-state index contributed by atoms with van der Waals surface area (Å²) >= 11 is 2.29. The second kappa shape index (κ2) is 6.52. The molecule has 4 heteroatoms. The van der Waals surface area contributed by atoms with Gasteiger partial charge in [0.1, 0.15) is 0 Å². The van der Waals surface area contributed by atoms with E-state index in [0.29, 0.717) is 6.54 Å². The van der Waals surface area contributed by atoms with E-state index in [2.05, 4.69) is 64.4 Å². The highest BCUT2D eigenvalue weighted by Gasteiger charge is 2.26. The molecular formula is C14H21IN2O. The zero-order valence-electron chi connectivity index (χ0n) is 11.4. The van der Waals surface area contributed by atoms with Gasteiger partial charge in [-0.15, -0.1) is 0 Å². The second-order valence-corrected chi connectivity index (χ2v) is 6.36. The Labute approximate surface area is 123 Å². The predicted octanol–water partition coefficient (Wildman–Crippen LogP) is 2.71. The Balaban J connectivity index is 2.58. The van der Waals surface area contributed by atoms with Gasteiger partial charge in [0.2, 0.25) is 5.91 Å². The molecule has 0 aliphatic carbocycles. The van der Waals surface area contributed by atoms with E-state index < -0.39 is 5.41 Å². The van der Waals surface area contributed by atoms with Crippen LogP contribution in [0.25, 0.3) is 0 Å². The summed E-state index contributed by atoms with van der Waals surface area (Å²) in [5.74, 6) is 0.0600. The van der Waals surface area contributed by atoms with Gasteiger partial charge < -0.3 is 10.6 Å². The number of amides is 1. The van der Waals surface area contributed by atoms with Gasteiger partial charge in [0.15, 0.2) is 0 Å². The van der Waals surface area contributed by atoms with Gasteiger partial charge in [0.25, 0.3) is 0 Å². The number of benzene rings is 1. The van der Waals surface area contributed by atoms with E-state index in [4.69, 9.17) is 0 Å². The standard InChI is InChI=1S/C14H21IN2O/c1-10(11-5-7-12(15)8-6-11)17-9-14(2,3)13(18)16-4/h5-8,10,17H,9H2,1-4H3,(H,16,18). The Morgan fingerprint density at radius 2 is 1.89 bits per heavy atom. The summed E-state index contributed by atoms with van der Waals surface area (Å²) in [7, 11) is 1.67. The summed E-state index contributed by atoms with van der Waals surface area (Å²) in [5.41, 5.74) is 0.842. The van der Waals surface area contributed by atoms with Crippen molar-refractivity contribution in [3.63, 3.8) is 0 Å². The van der Waals surface area contributed by atoms with Crippen molar-refractivity contribution < 1.29 is 4.79 Å². The van der Waals surface area contributed by atoms with Gasteiger partial charge >= 0.3 is 0 Å². The Bertz CT molecular complexity index is 401. The first-order valence-electron chi connectivity index (χ1n) is 6.08. The fourth-order valence-corrected chi connectivity index (χ4v) is 2.06. The maximum Gasteiger partial charge on any atom is 0.226 e. The molecule has 0 heterocycles. The first-order valence-corrected chi connectivity index (χ1v) is 7.16. The number of hydrogen-bond acceptors (Lipinski definition) is 2. The Morgan fingerprint density at radius 1 is 1.33 bits per heavy atom. The van der Waals surface area contributed by atoms with Crippen LogP contribution < -0.4 is 10.6 Å². The molecule has 1 atom stereocenters. The number of nitrogens with one attached hydrogen (secondary N) is 2. The molecule has 1 aromatic carbocycles. The summed E-state index contributed by atoms with van der Waals surface area (Å²) < 4.78 is 1.23. The smallest absolute Gasteiger partial charge is 0.226 e. The minimum atomic E-state index is -0.397. The molecule has 2 N–H and O–H groups in total. The van der Waals surface area contributed by atoms with Crippen LogP contribution in [0.15, 0.2) is 24.3 Å². The van der Waals surface area contributed by atoms with Crippen LogP contribution in [-0.4, -0.2) is 19.5 Å². The van der Waals surface area contributed by atoms with Crippen LogP contribution in [0.1, 0.15) is 32.4 Å². The molecule has 0 aliphatic rings. The molecular weight excluding hydrogens is 339 g/mol. The minimum Gasteiger partial charge on any atom is -0.359 e. The van der Waals surface area contributed by atoms with Crippen molar-refractivity contribution >= 4 is 28.5 Å². The van der Waals surface area contributed by atoms with Gasteiger partial charge in [-0.3, -0.25) is 4.79 Å². The molecule has 18 heavy (non-hydrogen) atoms. The quantitative estimate of drug-likeness (QED) is 0.793. The predicted molar refractivity (Wildman–Crippen MR) is 83.4 cm³/mol. The highest BCUT2D eigenvalue weighted by molar-refractivity contribution is 14.1. The normalized spacial score (nSPS) is 13.2. The van der Waals surface area contributed by atoms with E-state index in [1.54, 1.807) is 7.05 Å². The lowest BCUT2D eigenvalue weighted by Crippen LogP contribution is -2.42. The van der Waals surface area contributed by atoms with Crippen LogP contribution >= 0.6 is 22.6 Å². The average Bonchev–Trinajstić information content (AvgIpc) is 2.35. The Morgan fingerprint density at radius 3 is 2.39 bits per heavy atom. The molecule has 100 valence electrons. The Hall–Kier alpha value is -0.620. The summed E-state index contributed by atoms with van der Waals surface area (Å²) in [4.78, 5) is 11.7. The van der Waals surface area contributed by atoms with Crippen LogP contribution in [0.3, 0.4) is 0 Å². The molecule has 0 spiro atoms. The van der Waals surface area contributed by atoms with E-state index in [1.807, 2.05) is 13.8 Å². The second-order valence-electron chi connectivity index (χ2n) is 5.12. The van der Waals surface area contributed by atoms with Crippen LogP contribution in [0, 0.1) is 8.99 Å². The third-order valence-electron chi connectivity index (χ3n) is 3.06. The number of carbonyl (C=O) groups is 1. The zero-order valence-corrected chi connectivity index (χ0v) is 13.5. The van der Waals surface area contributed by atoms with E-state index in [0.717, 1.165) is 0 Å². The summed E-state index contributed by atoms with van der Waals surface area (Å²) in [6.45, 7) is 6.65. The SMILES string of the molecule is CNC(=O)C(C)(C)CNC(C)c1ccc(I)cc1. The van der Waals surface area contributed by atoms with E-state index in [1.165, 1.54) is 9.13 Å². The molecule has 0 radical (unpaired) electrons. The molecule has 0 aliphatic heterocycles. The van der Waals surface area contributed by atoms with Crippen LogP contribution in [0.2, 0.25) is 0 Å². The average molecular weight is 360 g/mol. The summed E-state index contributed by atoms with van der Waals surface area (Å²) in [6, 6.07) is 8.67. The van der Waals surface area contributed by atoms with Crippen molar-refractivity contribution in [1.29, 1.82) is 0 Å². The molecule has 0 aromatic heterocycles. The third kappa shape index (κ3) is 4.24. The van der Waals surface area contributed by atoms with Gasteiger partial charge in [-0.1, -0.05) is 12.1 Å². The molecule has 0 fully saturated rings. The topological polar surface area (TPSA) is 41.1 Å². The lowest BCUT2D eigenvalue weighted by atomic mass is 9.91. The lowest BCUT2D eigenvalue weighted by Gasteiger charge is -2.25. The summed E-state index contributed by atoms with van der Waals surface area (Å²) in [5, 5.41) is 6.11. The molecule has 1 rings (SSSR count). The fraction of sp³-hybridized carbons (Fsp3) is 0.500. The van der Waals surface area contributed by atoms with Gasteiger partial charge in [-0.05, 0) is 61.1 Å². The summed E-state index contributed by atoms with van der Waals surface area (Å²) in [6.07, 6.45) is 0. The first kappa shape index (κ1) is 15.4. The lowest BCUT2D eigenvalue weighted by molar-refractivity contribution is -0.128. The highest BCUT2D eigenvalue weighted by Crippen LogP contribution is 2.18. The van der Waals surface area contributed by atoms with Gasteiger partial charge in [0, 0.05) is 23.2 Å². The largest absolute Gasteiger partial charge is 0.359 e. The third-order valence-corrected chi connectivity index (χ3v) is 3.78. The molecule has 0 saturated heterocycles. The van der Waals surface area contributed by atoms with Crippen LogP contribution in [0.4, 0.5) is 0 Å². The highest BCUT2D eigenvalue weighted by atomic mass is 127. The molecule has 3 nitrogen and oxygen atoms in total.